The van der Waals surface area contributed by atoms with Crippen LogP contribution in [0.5, 0.6) is 0 Å². The molecule has 1 aromatic heterocycles. The van der Waals surface area contributed by atoms with E-state index in [2.05, 4.69) is 24.3 Å². The minimum absolute atomic E-state index is 0.153. The quantitative estimate of drug-likeness (QED) is 0.895. The molecule has 98 valence electrons. The van der Waals surface area contributed by atoms with E-state index in [-0.39, 0.29) is 6.04 Å². The number of nitrogens with two attached hydrogens (primary N) is 1. The summed E-state index contributed by atoms with van der Waals surface area (Å²) in [4.78, 5) is 6.22. The van der Waals surface area contributed by atoms with Gasteiger partial charge in [0.15, 0.2) is 0 Å². The molecule has 3 heteroatoms. The Morgan fingerprint density at radius 2 is 2.11 bits per heavy atom. The largest absolute Gasteiger partial charge is 0.323 e. The van der Waals surface area contributed by atoms with Crippen molar-refractivity contribution in [1.29, 1.82) is 0 Å². The molecule has 0 amide bonds. The van der Waals surface area contributed by atoms with Gasteiger partial charge in [-0.3, -0.25) is 0 Å². The molecule has 2 nitrogen and oxygen atoms in total. The molecule has 0 bridgehead atoms. The third-order valence-corrected chi connectivity index (χ3v) is 5.36. The zero-order valence-electron chi connectivity index (χ0n) is 10.9. The zero-order valence-corrected chi connectivity index (χ0v) is 11.7. The van der Waals surface area contributed by atoms with Crippen molar-refractivity contribution in [3.8, 4) is 10.6 Å². The van der Waals surface area contributed by atoms with Gasteiger partial charge in [-0.15, -0.1) is 11.3 Å². The van der Waals surface area contributed by atoms with Crippen molar-refractivity contribution in [1.82, 2.24) is 4.98 Å². The highest BCUT2D eigenvalue weighted by atomic mass is 32.1. The van der Waals surface area contributed by atoms with Gasteiger partial charge in [-0.25, -0.2) is 4.98 Å². The van der Waals surface area contributed by atoms with E-state index in [9.17, 15) is 0 Å². The lowest BCUT2D eigenvalue weighted by Gasteiger charge is -2.15. The number of hydrogen-bond acceptors (Lipinski definition) is 3. The Morgan fingerprint density at radius 3 is 2.89 bits per heavy atom. The third kappa shape index (κ3) is 2.11. The second kappa shape index (κ2) is 4.43. The van der Waals surface area contributed by atoms with E-state index in [0.717, 1.165) is 29.5 Å². The molecule has 4 rings (SSSR count). The van der Waals surface area contributed by atoms with Crippen molar-refractivity contribution >= 4 is 11.3 Å². The van der Waals surface area contributed by atoms with Crippen LogP contribution >= 0.6 is 11.3 Å². The van der Waals surface area contributed by atoms with Gasteiger partial charge in [-0.2, -0.15) is 0 Å². The maximum atomic E-state index is 6.17. The number of hydrogen-bond donors (Lipinski definition) is 1. The van der Waals surface area contributed by atoms with Gasteiger partial charge in [0.2, 0.25) is 0 Å². The van der Waals surface area contributed by atoms with Gasteiger partial charge < -0.3 is 5.73 Å². The van der Waals surface area contributed by atoms with E-state index in [4.69, 9.17) is 10.7 Å². The third-order valence-electron chi connectivity index (χ3n) is 4.18. The molecule has 2 aliphatic carbocycles. The predicted molar refractivity (Wildman–Crippen MR) is 79.4 cm³/mol. The van der Waals surface area contributed by atoms with Crippen LogP contribution in [0.15, 0.2) is 24.3 Å². The highest BCUT2D eigenvalue weighted by Gasteiger charge is 2.25. The fourth-order valence-corrected chi connectivity index (χ4v) is 4.09. The second-order valence-electron chi connectivity index (χ2n) is 5.73. The molecule has 0 radical (unpaired) electrons. The number of aromatic nitrogens is 1. The van der Waals surface area contributed by atoms with Gasteiger partial charge in [-0.05, 0) is 49.7 Å². The fourth-order valence-electron chi connectivity index (χ4n) is 2.92. The summed E-state index contributed by atoms with van der Waals surface area (Å²) in [6.07, 6.45) is 6.14. The molecule has 1 saturated carbocycles. The average molecular weight is 270 g/mol. The molecule has 1 fully saturated rings. The first-order chi connectivity index (χ1) is 9.31. The summed E-state index contributed by atoms with van der Waals surface area (Å²) in [6, 6.07) is 9.08. The average Bonchev–Trinajstić information content (AvgIpc) is 3.19. The Labute approximate surface area is 117 Å². The van der Waals surface area contributed by atoms with Gasteiger partial charge in [0.25, 0.3) is 0 Å². The molecule has 1 aromatic carbocycles. The van der Waals surface area contributed by atoms with E-state index in [1.54, 1.807) is 0 Å². The summed E-state index contributed by atoms with van der Waals surface area (Å²) in [6.45, 7) is 0. The first-order valence-corrected chi connectivity index (χ1v) is 7.98. The molecule has 1 unspecified atom stereocenters. The highest BCUT2D eigenvalue weighted by Crippen LogP contribution is 2.42. The van der Waals surface area contributed by atoms with Crippen LogP contribution in [0.2, 0.25) is 0 Å². The van der Waals surface area contributed by atoms with Crippen molar-refractivity contribution in [3.63, 3.8) is 0 Å². The monoisotopic (exact) mass is 270 g/mol. The van der Waals surface area contributed by atoms with Crippen molar-refractivity contribution in [2.45, 2.75) is 44.1 Å². The van der Waals surface area contributed by atoms with Crippen molar-refractivity contribution < 1.29 is 0 Å². The van der Waals surface area contributed by atoms with Crippen LogP contribution in [-0.2, 0) is 6.42 Å². The number of rotatable bonds is 2. The first-order valence-electron chi connectivity index (χ1n) is 7.17. The highest BCUT2D eigenvalue weighted by molar-refractivity contribution is 7.15. The van der Waals surface area contributed by atoms with E-state index >= 15 is 0 Å². The molecule has 2 aliphatic rings. The van der Waals surface area contributed by atoms with Crippen molar-refractivity contribution in [3.05, 3.63) is 40.4 Å². The van der Waals surface area contributed by atoms with Crippen molar-refractivity contribution in [2.24, 2.45) is 5.73 Å². The molecule has 2 N–H and O–H groups in total. The molecular weight excluding hydrogens is 252 g/mol. The maximum Gasteiger partial charge on any atom is 0.123 e. The van der Waals surface area contributed by atoms with Gasteiger partial charge in [0.1, 0.15) is 5.01 Å². The lowest BCUT2D eigenvalue weighted by molar-refractivity contribution is 0.564. The number of benzene rings is 1. The summed E-state index contributed by atoms with van der Waals surface area (Å²) in [7, 11) is 0. The normalized spacial score (nSPS) is 22.3. The Kier molecular flexibility index (Phi) is 2.71. The SMILES string of the molecule is NC1CCCc2sc(-c3cccc(C4CC4)c3)nc21. The summed E-state index contributed by atoms with van der Waals surface area (Å²) < 4.78 is 0. The Balaban J connectivity index is 1.73. The number of nitrogens with zero attached hydrogens (tertiary/aromatic N) is 1. The lowest BCUT2D eigenvalue weighted by Crippen LogP contribution is -2.16. The van der Waals surface area contributed by atoms with Crippen LogP contribution in [0.1, 0.15) is 53.8 Å². The molecule has 0 spiro atoms. The van der Waals surface area contributed by atoms with Crippen molar-refractivity contribution in [2.75, 3.05) is 0 Å². The topological polar surface area (TPSA) is 38.9 Å². The fraction of sp³-hybridized carbons (Fsp3) is 0.438. The molecular formula is C16H18N2S. The standard InChI is InChI=1S/C16H18N2S/c17-13-5-2-6-14-15(13)18-16(19-14)12-4-1-3-11(9-12)10-7-8-10/h1,3-4,9-10,13H,2,5-8,17H2. The van der Waals surface area contributed by atoms with Gasteiger partial charge in [-0.1, -0.05) is 18.2 Å². The van der Waals surface area contributed by atoms with Crippen LogP contribution in [0, 0.1) is 0 Å². The van der Waals surface area contributed by atoms with Crippen LogP contribution in [0.25, 0.3) is 10.6 Å². The van der Waals surface area contributed by atoms with Crippen LogP contribution < -0.4 is 5.73 Å². The zero-order chi connectivity index (χ0) is 12.8. The Hall–Kier alpha value is -1.19. The predicted octanol–water partition coefficient (Wildman–Crippen LogP) is 4.02. The summed E-state index contributed by atoms with van der Waals surface area (Å²) in [5.41, 5.74) is 10.1. The van der Waals surface area contributed by atoms with Gasteiger partial charge in [0, 0.05) is 16.5 Å². The number of thiazole rings is 1. The molecule has 1 atom stereocenters. The Bertz CT molecular complexity index is 613. The van der Waals surface area contributed by atoms with E-state index in [0.29, 0.717) is 0 Å². The molecule has 1 heterocycles. The first kappa shape index (κ1) is 11.6. The molecule has 0 aliphatic heterocycles. The smallest absolute Gasteiger partial charge is 0.123 e. The van der Waals surface area contributed by atoms with Crippen LogP contribution in [0.3, 0.4) is 0 Å². The molecule has 0 saturated heterocycles. The molecule has 19 heavy (non-hydrogen) atoms. The number of aryl methyl sites for hydroxylation is 1. The van der Waals surface area contributed by atoms with Gasteiger partial charge >= 0.3 is 0 Å². The maximum absolute atomic E-state index is 6.17. The number of fused-ring (bicyclic) bond motifs is 1. The molecule has 2 aromatic rings. The van der Waals surface area contributed by atoms with E-state index in [1.807, 2.05) is 11.3 Å². The summed E-state index contributed by atoms with van der Waals surface area (Å²) in [5.74, 6) is 0.803. The second-order valence-corrected chi connectivity index (χ2v) is 6.81. The summed E-state index contributed by atoms with van der Waals surface area (Å²) in [5, 5.41) is 1.16. The Morgan fingerprint density at radius 1 is 1.21 bits per heavy atom. The van der Waals surface area contributed by atoms with E-state index < -0.39 is 0 Å². The lowest BCUT2D eigenvalue weighted by atomic mass is 9.99. The van der Waals surface area contributed by atoms with E-state index in [1.165, 1.54) is 35.3 Å². The van der Waals surface area contributed by atoms with Gasteiger partial charge in [0.05, 0.1) is 5.69 Å². The minimum Gasteiger partial charge on any atom is -0.323 e. The minimum atomic E-state index is 0.153. The van der Waals surface area contributed by atoms with Crippen LogP contribution in [0.4, 0.5) is 0 Å². The van der Waals surface area contributed by atoms with Crippen LogP contribution in [-0.4, -0.2) is 4.98 Å². The summed E-state index contributed by atoms with van der Waals surface area (Å²) >= 11 is 1.84.